The molecule has 1 fully saturated rings. The maximum absolute atomic E-state index is 13.5. The van der Waals surface area contributed by atoms with Gasteiger partial charge in [0.05, 0.1) is 0 Å². The molecule has 1 saturated heterocycles. The van der Waals surface area contributed by atoms with E-state index < -0.39 is 40.6 Å². The topological polar surface area (TPSA) is 124 Å². The van der Waals surface area contributed by atoms with Crippen LogP contribution in [0.4, 0.5) is 4.39 Å². The normalized spacial score (nSPS) is 23.6. The molecule has 0 bridgehead atoms. The highest BCUT2D eigenvalue weighted by Gasteiger charge is 2.51. The Bertz CT molecular complexity index is 728. The molecule has 5 N–H and O–H groups in total. The molecule has 2 unspecified atom stereocenters. The summed E-state index contributed by atoms with van der Waals surface area (Å²) in [6.07, 6.45) is 0.0329. The highest BCUT2D eigenvalue weighted by atomic mass is 32.2. The van der Waals surface area contributed by atoms with Crippen molar-refractivity contribution in [1.29, 1.82) is 0 Å². The number of carbonyl (C=O) groups excluding carboxylic acids is 1. The van der Waals surface area contributed by atoms with Crippen molar-refractivity contribution < 1.29 is 29.3 Å². The summed E-state index contributed by atoms with van der Waals surface area (Å²) in [6, 6.07) is 1.46. The molecule has 0 saturated carbocycles. The number of hydrogen-bond donors (Lipinski definition) is 4. The van der Waals surface area contributed by atoms with Crippen LogP contribution in [0.3, 0.4) is 0 Å². The fraction of sp³-hybridized carbons (Fsp3) is 0.286. The highest BCUT2D eigenvalue weighted by molar-refractivity contribution is 8.00. The monoisotopic (exact) mass is 340 g/mol. The molecule has 0 spiro atoms. The lowest BCUT2D eigenvalue weighted by atomic mass is 9.99. The van der Waals surface area contributed by atoms with Crippen LogP contribution in [0.5, 0.6) is 11.5 Å². The molecule has 2 aliphatic rings. The van der Waals surface area contributed by atoms with Crippen molar-refractivity contribution in [2.75, 3.05) is 5.75 Å². The molecule has 7 nitrogen and oxygen atoms in total. The molecule has 23 heavy (non-hydrogen) atoms. The van der Waals surface area contributed by atoms with Gasteiger partial charge in [-0.2, -0.15) is 0 Å². The first-order valence-electron chi connectivity index (χ1n) is 6.67. The van der Waals surface area contributed by atoms with Crippen LogP contribution in [0, 0.1) is 5.82 Å². The third-order valence-electron chi connectivity index (χ3n) is 3.81. The van der Waals surface area contributed by atoms with E-state index in [-0.39, 0.29) is 12.1 Å². The van der Waals surface area contributed by atoms with Gasteiger partial charge in [0.1, 0.15) is 17.1 Å². The number of nitrogens with zero attached hydrogens (tertiary/aromatic N) is 1. The Labute approximate surface area is 134 Å². The zero-order valence-electron chi connectivity index (χ0n) is 11.7. The minimum Gasteiger partial charge on any atom is -0.504 e. The average Bonchev–Trinajstić information content (AvgIpc) is 2.51. The molecule has 9 heteroatoms. The summed E-state index contributed by atoms with van der Waals surface area (Å²) in [5, 5.41) is 27.7. The molecule has 1 aromatic carbocycles. The lowest BCUT2D eigenvalue weighted by Gasteiger charge is -2.48. The van der Waals surface area contributed by atoms with Crippen molar-refractivity contribution in [3.05, 3.63) is 34.8 Å². The van der Waals surface area contributed by atoms with E-state index in [1.807, 2.05) is 0 Å². The van der Waals surface area contributed by atoms with Crippen LogP contribution >= 0.6 is 11.8 Å². The van der Waals surface area contributed by atoms with Crippen LogP contribution < -0.4 is 5.73 Å². The standard InChI is InChI=1S/C14H13FN2O5S/c15-7-2-5(3-8(18)11(7)19)1-6-4-23-13-9(16)12(20)17(13)10(6)14(21)22/h2-3,9,13,18-19H,1,4,16H2,(H,21,22). The van der Waals surface area contributed by atoms with Crippen LogP contribution in [0.15, 0.2) is 23.4 Å². The van der Waals surface area contributed by atoms with E-state index in [0.29, 0.717) is 16.9 Å². The molecule has 3 rings (SSSR count). The van der Waals surface area contributed by atoms with Gasteiger partial charge in [-0.15, -0.1) is 11.8 Å². The number of carboxylic acid groups (broad SMARTS) is 1. The first-order chi connectivity index (χ1) is 10.8. The van der Waals surface area contributed by atoms with E-state index in [9.17, 15) is 29.3 Å². The fourth-order valence-corrected chi connectivity index (χ4v) is 4.00. The van der Waals surface area contributed by atoms with E-state index in [1.54, 1.807) is 0 Å². The first kappa shape index (κ1) is 15.6. The van der Waals surface area contributed by atoms with Crippen molar-refractivity contribution in [2.24, 2.45) is 5.73 Å². The Kier molecular flexibility index (Phi) is 3.69. The average molecular weight is 340 g/mol. The number of phenols is 2. The number of hydrogen-bond acceptors (Lipinski definition) is 6. The molecule has 122 valence electrons. The lowest BCUT2D eigenvalue weighted by molar-refractivity contribution is -0.148. The zero-order valence-corrected chi connectivity index (χ0v) is 12.5. The van der Waals surface area contributed by atoms with Gasteiger partial charge in [-0.25, -0.2) is 9.18 Å². The SMILES string of the molecule is NC1C(=O)N2C(C(=O)O)=C(Cc3cc(O)c(O)c(F)c3)CSC12. The summed E-state index contributed by atoms with van der Waals surface area (Å²) in [4.78, 5) is 24.5. The number of aromatic hydroxyl groups is 2. The summed E-state index contributed by atoms with van der Waals surface area (Å²) in [7, 11) is 0. The van der Waals surface area contributed by atoms with Gasteiger partial charge < -0.3 is 21.1 Å². The molecular formula is C14H13FN2O5S. The van der Waals surface area contributed by atoms with Crippen molar-refractivity contribution >= 4 is 23.6 Å². The zero-order chi connectivity index (χ0) is 16.9. The predicted octanol–water partition coefficient (Wildman–Crippen LogP) is 0.361. The number of carbonyl (C=O) groups is 2. The smallest absolute Gasteiger partial charge is 0.352 e. The summed E-state index contributed by atoms with van der Waals surface area (Å²) in [5.74, 6) is -3.87. The minimum absolute atomic E-state index is 0.0329. The quantitative estimate of drug-likeness (QED) is 0.462. The van der Waals surface area contributed by atoms with E-state index in [1.165, 1.54) is 11.8 Å². The van der Waals surface area contributed by atoms with E-state index in [0.717, 1.165) is 17.0 Å². The number of benzene rings is 1. The number of β-lactam (4-membered cyclic amide) rings is 1. The molecule has 1 aromatic rings. The Morgan fingerprint density at radius 1 is 1.43 bits per heavy atom. The van der Waals surface area contributed by atoms with Crippen LogP contribution in [-0.2, 0) is 16.0 Å². The van der Waals surface area contributed by atoms with Crippen molar-refractivity contribution in [3.8, 4) is 11.5 Å². The Balaban J connectivity index is 1.97. The van der Waals surface area contributed by atoms with Crippen LogP contribution in [0.2, 0.25) is 0 Å². The predicted molar refractivity (Wildman–Crippen MR) is 79.2 cm³/mol. The van der Waals surface area contributed by atoms with Crippen molar-refractivity contribution in [3.63, 3.8) is 0 Å². The van der Waals surface area contributed by atoms with Gasteiger partial charge in [-0.05, 0) is 29.7 Å². The van der Waals surface area contributed by atoms with Gasteiger partial charge in [0, 0.05) is 5.75 Å². The second-order valence-corrected chi connectivity index (χ2v) is 6.42. The molecule has 2 aliphatic heterocycles. The molecule has 2 atom stereocenters. The number of rotatable bonds is 3. The van der Waals surface area contributed by atoms with Gasteiger partial charge in [0.25, 0.3) is 0 Å². The summed E-state index contributed by atoms with van der Waals surface area (Å²) in [5.41, 5.74) is 6.22. The van der Waals surface area contributed by atoms with Crippen LogP contribution in [0.25, 0.3) is 0 Å². The van der Waals surface area contributed by atoms with Gasteiger partial charge in [-0.1, -0.05) is 0 Å². The second kappa shape index (κ2) is 5.43. The van der Waals surface area contributed by atoms with Gasteiger partial charge >= 0.3 is 5.97 Å². The molecule has 0 radical (unpaired) electrons. The van der Waals surface area contributed by atoms with Gasteiger partial charge in [-0.3, -0.25) is 9.69 Å². The van der Waals surface area contributed by atoms with E-state index in [2.05, 4.69) is 0 Å². The molecular weight excluding hydrogens is 327 g/mol. The Morgan fingerprint density at radius 2 is 2.13 bits per heavy atom. The Hall–Kier alpha value is -2.26. The number of phenolic OH excluding ortho intramolecular Hbond substituents is 2. The second-order valence-electron chi connectivity index (χ2n) is 5.32. The number of aliphatic carboxylic acids is 1. The van der Waals surface area contributed by atoms with E-state index in [4.69, 9.17) is 5.73 Å². The minimum atomic E-state index is -1.26. The van der Waals surface area contributed by atoms with Crippen molar-refractivity contribution in [1.82, 2.24) is 4.90 Å². The molecule has 2 heterocycles. The number of carboxylic acids is 1. The number of fused-ring (bicyclic) bond motifs is 1. The summed E-state index contributed by atoms with van der Waals surface area (Å²) in [6.45, 7) is 0. The fourth-order valence-electron chi connectivity index (χ4n) is 2.70. The third-order valence-corrected chi connectivity index (χ3v) is 5.17. The number of thioether (sulfide) groups is 1. The summed E-state index contributed by atoms with van der Waals surface area (Å²) < 4.78 is 13.5. The largest absolute Gasteiger partial charge is 0.504 e. The Morgan fingerprint density at radius 3 is 2.74 bits per heavy atom. The summed E-state index contributed by atoms with van der Waals surface area (Å²) >= 11 is 1.34. The van der Waals surface area contributed by atoms with Gasteiger partial charge in [0.2, 0.25) is 5.91 Å². The molecule has 1 amide bonds. The van der Waals surface area contributed by atoms with E-state index >= 15 is 0 Å². The maximum Gasteiger partial charge on any atom is 0.352 e. The molecule has 0 aliphatic carbocycles. The van der Waals surface area contributed by atoms with Crippen LogP contribution in [0.1, 0.15) is 5.56 Å². The molecule has 0 aromatic heterocycles. The van der Waals surface area contributed by atoms with Crippen molar-refractivity contribution in [2.45, 2.75) is 17.8 Å². The number of halogens is 1. The van der Waals surface area contributed by atoms with Crippen LogP contribution in [-0.4, -0.2) is 49.3 Å². The maximum atomic E-state index is 13.5. The highest BCUT2D eigenvalue weighted by Crippen LogP contribution is 2.40. The number of nitrogens with two attached hydrogens (primary N) is 1. The lowest BCUT2D eigenvalue weighted by Crippen LogP contribution is -2.68. The third kappa shape index (κ3) is 2.41. The number of amides is 1. The van der Waals surface area contributed by atoms with Gasteiger partial charge in [0.15, 0.2) is 17.3 Å². The first-order valence-corrected chi connectivity index (χ1v) is 7.72.